The zero-order valence-corrected chi connectivity index (χ0v) is 4.85. The van der Waals surface area contributed by atoms with Crippen LogP contribution in [0.3, 0.4) is 0 Å². The number of carbonyl (C=O) groups is 1. The third kappa shape index (κ3) is 0.886. The van der Waals surface area contributed by atoms with Crippen molar-refractivity contribution >= 4 is 6.29 Å². The summed E-state index contributed by atoms with van der Waals surface area (Å²) in [6.45, 7) is 2.98. The van der Waals surface area contributed by atoms with Crippen molar-refractivity contribution in [2.24, 2.45) is 5.92 Å². The molecule has 0 aromatic heterocycles. The second kappa shape index (κ2) is 1.99. The summed E-state index contributed by atoms with van der Waals surface area (Å²) in [7, 11) is 0. The summed E-state index contributed by atoms with van der Waals surface area (Å²) in [4.78, 5) is 10.0. The van der Waals surface area contributed by atoms with E-state index >= 15 is 0 Å². The van der Waals surface area contributed by atoms with Crippen molar-refractivity contribution in [1.82, 2.24) is 5.32 Å². The van der Waals surface area contributed by atoms with Crippen molar-refractivity contribution in [2.45, 2.75) is 6.92 Å². The molecule has 0 saturated carbocycles. The molecule has 1 heterocycles. The molecule has 0 fully saturated rings. The Labute approximate surface area is 48.6 Å². The fraction of sp³-hybridized carbons (Fsp3) is 0.500. The Bertz CT molecular complexity index is 128. The van der Waals surface area contributed by atoms with E-state index in [4.69, 9.17) is 0 Å². The normalized spacial score (nSPS) is 26.6. The van der Waals surface area contributed by atoms with E-state index in [1.807, 2.05) is 6.08 Å². The van der Waals surface area contributed by atoms with Gasteiger partial charge in [0.2, 0.25) is 0 Å². The first-order valence-electron chi connectivity index (χ1n) is 2.74. The van der Waals surface area contributed by atoms with Crippen molar-refractivity contribution in [3.8, 4) is 0 Å². The van der Waals surface area contributed by atoms with Crippen molar-refractivity contribution in [3.63, 3.8) is 0 Å². The minimum absolute atomic E-state index is 0.523. The van der Waals surface area contributed by atoms with Crippen molar-refractivity contribution in [2.75, 3.05) is 6.54 Å². The van der Waals surface area contributed by atoms with Gasteiger partial charge in [-0.25, -0.2) is 0 Å². The highest BCUT2D eigenvalue weighted by molar-refractivity contribution is 5.73. The molecule has 0 radical (unpaired) electrons. The van der Waals surface area contributed by atoms with Gasteiger partial charge in [0.15, 0.2) is 6.29 Å². The Kier molecular flexibility index (Phi) is 1.33. The standard InChI is InChI=1S/C6H9NO/c1-5-2-6(4-8)7-3-5/h2,4-5,7H,3H2,1H3. The predicted molar refractivity (Wildman–Crippen MR) is 31.3 cm³/mol. The Morgan fingerprint density at radius 1 is 2.00 bits per heavy atom. The van der Waals surface area contributed by atoms with E-state index in [0.29, 0.717) is 5.92 Å². The van der Waals surface area contributed by atoms with Gasteiger partial charge in [-0.3, -0.25) is 4.79 Å². The number of aldehydes is 1. The SMILES string of the molecule is CC1C=C(C=O)NC1. The van der Waals surface area contributed by atoms with Gasteiger partial charge in [0.05, 0.1) is 5.70 Å². The molecule has 1 aliphatic rings. The molecule has 0 bridgehead atoms. The summed E-state index contributed by atoms with van der Waals surface area (Å²) in [5, 5.41) is 2.95. The van der Waals surface area contributed by atoms with Gasteiger partial charge >= 0.3 is 0 Å². The number of allylic oxidation sites excluding steroid dienone is 1. The molecule has 2 heteroatoms. The van der Waals surface area contributed by atoms with Gasteiger partial charge in [0, 0.05) is 6.54 Å². The maximum atomic E-state index is 10.0. The van der Waals surface area contributed by atoms with E-state index in [9.17, 15) is 4.79 Å². The van der Waals surface area contributed by atoms with E-state index in [1.165, 1.54) is 0 Å². The Balaban J connectivity index is 2.56. The lowest BCUT2D eigenvalue weighted by atomic mass is 10.2. The molecule has 0 aromatic carbocycles. The molecule has 1 N–H and O–H groups in total. The molecule has 1 unspecified atom stereocenters. The van der Waals surface area contributed by atoms with Gasteiger partial charge in [-0.1, -0.05) is 13.0 Å². The molecule has 0 aromatic rings. The molecule has 0 aliphatic carbocycles. The first-order chi connectivity index (χ1) is 3.83. The molecule has 1 aliphatic heterocycles. The largest absolute Gasteiger partial charge is 0.382 e. The maximum Gasteiger partial charge on any atom is 0.165 e. The van der Waals surface area contributed by atoms with Crippen LogP contribution in [-0.4, -0.2) is 12.8 Å². The van der Waals surface area contributed by atoms with E-state index < -0.39 is 0 Å². The van der Waals surface area contributed by atoms with Gasteiger partial charge in [-0.15, -0.1) is 0 Å². The van der Waals surface area contributed by atoms with Crippen LogP contribution < -0.4 is 5.32 Å². The second-order valence-electron chi connectivity index (χ2n) is 2.10. The summed E-state index contributed by atoms with van der Waals surface area (Å²) >= 11 is 0. The fourth-order valence-electron chi connectivity index (χ4n) is 0.784. The van der Waals surface area contributed by atoms with Gasteiger partial charge in [0.25, 0.3) is 0 Å². The Morgan fingerprint density at radius 2 is 2.75 bits per heavy atom. The Morgan fingerprint density at radius 3 is 3.00 bits per heavy atom. The summed E-state index contributed by atoms with van der Waals surface area (Å²) in [5.41, 5.74) is 0.734. The summed E-state index contributed by atoms with van der Waals surface area (Å²) < 4.78 is 0. The molecule has 44 valence electrons. The van der Waals surface area contributed by atoms with E-state index in [0.717, 1.165) is 18.5 Å². The summed E-state index contributed by atoms with van der Waals surface area (Å²) in [6, 6.07) is 0. The molecule has 8 heavy (non-hydrogen) atoms. The predicted octanol–water partition coefficient (Wildman–Crippen LogP) is 0.309. The van der Waals surface area contributed by atoms with Crippen LogP contribution in [0.15, 0.2) is 11.8 Å². The lowest BCUT2D eigenvalue weighted by Gasteiger charge is -1.92. The first-order valence-corrected chi connectivity index (χ1v) is 2.74. The van der Waals surface area contributed by atoms with Crippen LogP contribution in [0.2, 0.25) is 0 Å². The molecule has 0 spiro atoms. The van der Waals surface area contributed by atoms with Crippen molar-refractivity contribution < 1.29 is 4.79 Å². The quantitative estimate of drug-likeness (QED) is 0.493. The van der Waals surface area contributed by atoms with Crippen molar-refractivity contribution in [1.29, 1.82) is 0 Å². The number of hydrogen-bond acceptors (Lipinski definition) is 2. The highest BCUT2D eigenvalue weighted by Gasteiger charge is 2.07. The molecule has 0 saturated heterocycles. The van der Waals surface area contributed by atoms with Crippen LogP contribution in [0.1, 0.15) is 6.92 Å². The molecular weight excluding hydrogens is 102 g/mol. The maximum absolute atomic E-state index is 10.0. The van der Waals surface area contributed by atoms with Crippen LogP contribution in [0.5, 0.6) is 0 Å². The highest BCUT2D eigenvalue weighted by atomic mass is 16.1. The van der Waals surface area contributed by atoms with E-state index in [-0.39, 0.29) is 0 Å². The Hall–Kier alpha value is -0.790. The van der Waals surface area contributed by atoms with Gasteiger partial charge in [-0.2, -0.15) is 0 Å². The first kappa shape index (κ1) is 5.35. The van der Waals surface area contributed by atoms with Crippen LogP contribution >= 0.6 is 0 Å². The van der Waals surface area contributed by atoms with Crippen LogP contribution in [0, 0.1) is 5.92 Å². The van der Waals surface area contributed by atoms with Crippen LogP contribution in [0.25, 0.3) is 0 Å². The molecule has 0 amide bonds. The summed E-state index contributed by atoms with van der Waals surface area (Å²) in [6.07, 6.45) is 2.79. The second-order valence-corrected chi connectivity index (χ2v) is 2.10. The molecular formula is C6H9NO. The average Bonchev–Trinajstić information content (AvgIpc) is 2.14. The minimum Gasteiger partial charge on any atom is -0.382 e. The van der Waals surface area contributed by atoms with Crippen LogP contribution in [0.4, 0.5) is 0 Å². The number of hydrogen-bond donors (Lipinski definition) is 1. The smallest absolute Gasteiger partial charge is 0.165 e. The number of carbonyl (C=O) groups excluding carboxylic acids is 1. The lowest BCUT2D eigenvalue weighted by Crippen LogP contribution is -2.10. The number of nitrogens with one attached hydrogen (secondary N) is 1. The molecule has 1 rings (SSSR count). The third-order valence-electron chi connectivity index (χ3n) is 1.22. The topological polar surface area (TPSA) is 29.1 Å². The minimum atomic E-state index is 0.523. The van der Waals surface area contributed by atoms with Gasteiger partial charge in [-0.05, 0) is 5.92 Å². The van der Waals surface area contributed by atoms with Crippen molar-refractivity contribution in [3.05, 3.63) is 11.8 Å². The molecule has 1 atom stereocenters. The number of rotatable bonds is 1. The monoisotopic (exact) mass is 111 g/mol. The third-order valence-corrected chi connectivity index (χ3v) is 1.22. The van der Waals surface area contributed by atoms with Gasteiger partial charge < -0.3 is 5.32 Å². The average molecular weight is 111 g/mol. The summed E-state index contributed by atoms with van der Waals surface area (Å²) in [5.74, 6) is 0.523. The van der Waals surface area contributed by atoms with E-state index in [2.05, 4.69) is 12.2 Å². The zero-order chi connectivity index (χ0) is 5.98. The lowest BCUT2D eigenvalue weighted by molar-refractivity contribution is -0.105. The zero-order valence-electron chi connectivity index (χ0n) is 4.85. The van der Waals surface area contributed by atoms with Crippen LogP contribution in [-0.2, 0) is 4.79 Å². The fourth-order valence-corrected chi connectivity index (χ4v) is 0.784. The van der Waals surface area contributed by atoms with E-state index in [1.54, 1.807) is 0 Å². The van der Waals surface area contributed by atoms with Gasteiger partial charge in [0.1, 0.15) is 0 Å². The molecule has 2 nitrogen and oxygen atoms in total. The highest BCUT2D eigenvalue weighted by Crippen LogP contribution is 2.05.